The Kier molecular flexibility index (Phi) is 5.37. The molecule has 0 saturated carbocycles. The van der Waals surface area contributed by atoms with Gasteiger partial charge in [-0.05, 0) is 43.0 Å². The maximum absolute atomic E-state index is 9.56. The average molecular weight is 262 g/mol. The molecular formula is C16H26N2O. The second kappa shape index (κ2) is 7.04. The summed E-state index contributed by atoms with van der Waals surface area (Å²) < 4.78 is 0. The molecule has 1 saturated heterocycles. The van der Waals surface area contributed by atoms with E-state index in [0.29, 0.717) is 12.6 Å². The van der Waals surface area contributed by atoms with Crippen LogP contribution < -0.4 is 5.73 Å². The molecule has 0 aromatic heterocycles. The van der Waals surface area contributed by atoms with Crippen molar-refractivity contribution in [3.8, 4) is 0 Å². The highest BCUT2D eigenvalue weighted by Gasteiger charge is 2.20. The predicted octanol–water partition coefficient (Wildman–Crippen LogP) is 2.19. The molecule has 1 unspecified atom stereocenters. The van der Waals surface area contributed by atoms with Crippen molar-refractivity contribution in [1.29, 1.82) is 0 Å². The van der Waals surface area contributed by atoms with Gasteiger partial charge in [0.15, 0.2) is 0 Å². The van der Waals surface area contributed by atoms with Gasteiger partial charge in [-0.2, -0.15) is 0 Å². The lowest BCUT2D eigenvalue weighted by Crippen LogP contribution is -2.37. The topological polar surface area (TPSA) is 49.5 Å². The molecule has 1 aromatic rings. The van der Waals surface area contributed by atoms with Gasteiger partial charge in [0.05, 0.1) is 6.61 Å². The van der Waals surface area contributed by atoms with Crippen molar-refractivity contribution in [1.82, 2.24) is 4.90 Å². The number of nitrogens with zero attached hydrogens (tertiary/aromatic N) is 1. The lowest BCUT2D eigenvalue weighted by Gasteiger charge is -2.29. The monoisotopic (exact) mass is 262 g/mol. The molecule has 1 aliphatic heterocycles. The Labute approximate surface area is 116 Å². The Hall–Kier alpha value is -0.900. The summed E-state index contributed by atoms with van der Waals surface area (Å²) in [7, 11) is 0. The highest BCUT2D eigenvalue weighted by molar-refractivity contribution is 5.31. The van der Waals surface area contributed by atoms with Crippen LogP contribution in [0, 0.1) is 6.92 Å². The van der Waals surface area contributed by atoms with E-state index in [0.717, 1.165) is 19.5 Å². The molecule has 0 aliphatic carbocycles. The van der Waals surface area contributed by atoms with E-state index in [9.17, 15) is 5.11 Å². The third-order valence-corrected chi connectivity index (χ3v) is 4.23. The van der Waals surface area contributed by atoms with E-state index >= 15 is 0 Å². The van der Waals surface area contributed by atoms with Gasteiger partial charge < -0.3 is 10.8 Å². The maximum atomic E-state index is 9.56. The molecule has 3 nitrogen and oxygen atoms in total. The number of aliphatic hydroxyl groups excluding tert-OH is 1. The van der Waals surface area contributed by atoms with Crippen LogP contribution in [0.3, 0.4) is 0 Å². The van der Waals surface area contributed by atoms with E-state index in [-0.39, 0.29) is 6.61 Å². The zero-order chi connectivity index (χ0) is 13.7. The molecule has 19 heavy (non-hydrogen) atoms. The minimum Gasteiger partial charge on any atom is -0.395 e. The highest BCUT2D eigenvalue weighted by Crippen LogP contribution is 2.21. The van der Waals surface area contributed by atoms with Crippen LogP contribution in [-0.2, 0) is 13.1 Å². The molecule has 1 aliphatic rings. The number of rotatable bonds is 4. The second-order valence-electron chi connectivity index (χ2n) is 5.62. The lowest BCUT2D eigenvalue weighted by atomic mass is 10.0. The van der Waals surface area contributed by atoms with Gasteiger partial charge in [0, 0.05) is 19.1 Å². The number of likely N-dealkylation sites (tertiary alicyclic amines) is 1. The minimum absolute atomic E-state index is 0.278. The van der Waals surface area contributed by atoms with Crippen LogP contribution in [0.25, 0.3) is 0 Å². The molecule has 0 radical (unpaired) electrons. The number of aryl methyl sites for hydroxylation is 1. The molecule has 106 valence electrons. The lowest BCUT2D eigenvalue weighted by molar-refractivity contribution is 0.118. The van der Waals surface area contributed by atoms with Gasteiger partial charge in [0.1, 0.15) is 0 Å². The van der Waals surface area contributed by atoms with Crippen molar-refractivity contribution in [3.05, 3.63) is 34.9 Å². The fourth-order valence-corrected chi connectivity index (χ4v) is 2.93. The highest BCUT2D eigenvalue weighted by atomic mass is 16.3. The zero-order valence-corrected chi connectivity index (χ0v) is 11.9. The summed E-state index contributed by atoms with van der Waals surface area (Å²) in [4.78, 5) is 2.44. The summed E-state index contributed by atoms with van der Waals surface area (Å²) in [6, 6.07) is 6.82. The Morgan fingerprint density at radius 3 is 2.84 bits per heavy atom. The largest absolute Gasteiger partial charge is 0.395 e. The quantitative estimate of drug-likeness (QED) is 0.874. The van der Waals surface area contributed by atoms with Gasteiger partial charge in [0.2, 0.25) is 0 Å². The van der Waals surface area contributed by atoms with Crippen LogP contribution in [0.5, 0.6) is 0 Å². The smallest absolute Gasteiger partial charge is 0.0586 e. The Bertz CT molecular complexity index is 406. The first kappa shape index (κ1) is 14.5. The van der Waals surface area contributed by atoms with Gasteiger partial charge >= 0.3 is 0 Å². The normalized spacial score (nSPS) is 21.3. The summed E-state index contributed by atoms with van der Waals surface area (Å²) >= 11 is 0. The molecular weight excluding hydrogens is 236 g/mol. The van der Waals surface area contributed by atoms with E-state index in [1.807, 2.05) is 0 Å². The van der Waals surface area contributed by atoms with E-state index in [1.165, 1.54) is 36.0 Å². The van der Waals surface area contributed by atoms with Crippen molar-refractivity contribution in [3.63, 3.8) is 0 Å². The molecule has 3 N–H and O–H groups in total. The third kappa shape index (κ3) is 3.78. The minimum atomic E-state index is 0.278. The van der Waals surface area contributed by atoms with Gasteiger partial charge in [-0.1, -0.05) is 31.0 Å². The summed E-state index contributed by atoms with van der Waals surface area (Å²) in [6.07, 6.45) is 4.90. The molecule has 3 heteroatoms. The molecule has 1 atom stereocenters. The van der Waals surface area contributed by atoms with E-state index in [1.54, 1.807) is 0 Å². The van der Waals surface area contributed by atoms with Crippen LogP contribution in [0.15, 0.2) is 18.2 Å². The third-order valence-electron chi connectivity index (χ3n) is 4.23. The summed E-state index contributed by atoms with van der Waals surface area (Å²) in [5.74, 6) is 0. The molecule has 1 aromatic carbocycles. The van der Waals surface area contributed by atoms with Gasteiger partial charge in [0.25, 0.3) is 0 Å². The van der Waals surface area contributed by atoms with Crippen LogP contribution in [0.1, 0.15) is 42.4 Å². The summed E-state index contributed by atoms with van der Waals surface area (Å²) in [5.41, 5.74) is 9.53. The van der Waals surface area contributed by atoms with Crippen LogP contribution in [0.2, 0.25) is 0 Å². The van der Waals surface area contributed by atoms with E-state index in [2.05, 4.69) is 30.0 Å². The van der Waals surface area contributed by atoms with Crippen molar-refractivity contribution < 1.29 is 5.11 Å². The molecule has 1 fully saturated rings. The Morgan fingerprint density at radius 1 is 1.32 bits per heavy atom. The van der Waals surface area contributed by atoms with E-state index in [4.69, 9.17) is 5.73 Å². The zero-order valence-electron chi connectivity index (χ0n) is 11.9. The van der Waals surface area contributed by atoms with Crippen molar-refractivity contribution >= 4 is 0 Å². The average Bonchev–Trinajstić information content (AvgIpc) is 2.66. The number of benzene rings is 1. The standard InChI is InChI=1S/C16H26N2O/c1-13-9-14(10-17)6-7-15(13)11-18-8-4-2-3-5-16(18)12-19/h6-7,9,16,19H,2-5,8,10-12,17H2,1H3. The second-order valence-corrected chi connectivity index (χ2v) is 5.62. The number of nitrogens with two attached hydrogens (primary N) is 1. The van der Waals surface area contributed by atoms with Gasteiger partial charge in [-0.15, -0.1) is 0 Å². The molecule has 0 amide bonds. The summed E-state index contributed by atoms with van der Waals surface area (Å²) in [6.45, 7) is 5.08. The molecule has 0 spiro atoms. The molecule has 2 rings (SSSR count). The maximum Gasteiger partial charge on any atom is 0.0586 e. The Morgan fingerprint density at radius 2 is 2.16 bits per heavy atom. The van der Waals surface area contributed by atoms with E-state index < -0.39 is 0 Å². The van der Waals surface area contributed by atoms with Gasteiger partial charge in [-0.3, -0.25) is 4.90 Å². The molecule has 1 heterocycles. The number of hydrogen-bond donors (Lipinski definition) is 2. The fourth-order valence-electron chi connectivity index (χ4n) is 2.93. The first-order valence-electron chi connectivity index (χ1n) is 7.38. The summed E-state index contributed by atoms with van der Waals surface area (Å²) in [5, 5.41) is 9.56. The SMILES string of the molecule is Cc1cc(CN)ccc1CN1CCCCCC1CO. The predicted molar refractivity (Wildman–Crippen MR) is 78.8 cm³/mol. The van der Waals surface area contributed by atoms with Crippen LogP contribution in [0.4, 0.5) is 0 Å². The van der Waals surface area contributed by atoms with Crippen molar-refractivity contribution in [2.45, 2.75) is 51.7 Å². The Balaban J connectivity index is 2.09. The number of hydrogen-bond acceptors (Lipinski definition) is 3. The first-order valence-corrected chi connectivity index (χ1v) is 7.38. The number of aliphatic hydroxyl groups is 1. The fraction of sp³-hybridized carbons (Fsp3) is 0.625. The van der Waals surface area contributed by atoms with Crippen molar-refractivity contribution in [2.24, 2.45) is 5.73 Å². The van der Waals surface area contributed by atoms with Crippen LogP contribution in [-0.4, -0.2) is 29.2 Å². The van der Waals surface area contributed by atoms with Gasteiger partial charge in [-0.25, -0.2) is 0 Å². The van der Waals surface area contributed by atoms with Crippen molar-refractivity contribution in [2.75, 3.05) is 13.2 Å². The molecule has 0 bridgehead atoms. The van der Waals surface area contributed by atoms with Crippen LogP contribution >= 0.6 is 0 Å². The first-order chi connectivity index (χ1) is 9.24.